The molecule has 0 aliphatic rings. The molecule has 1 amide bonds. The first-order valence-electron chi connectivity index (χ1n) is 12.4. The number of nitrogens with zero attached hydrogens (tertiary/aromatic N) is 4. The molecule has 12 heteroatoms. The van der Waals surface area contributed by atoms with E-state index in [0.29, 0.717) is 11.0 Å². The van der Waals surface area contributed by atoms with E-state index in [9.17, 15) is 18.0 Å². The van der Waals surface area contributed by atoms with Crippen LogP contribution in [0.2, 0.25) is 0 Å². The molecule has 0 radical (unpaired) electrons. The van der Waals surface area contributed by atoms with E-state index in [1.165, 1.54) is 28.8 Å². The largest absolute Gasteiger partial charge is 0.383 e. The number of aryl methyl sites for hydroxylation is 2. The Kier molecular flexibility index (Phi) is 6.91. The van der Waals surface area contributed by atoms with Crippen LogP contribution in [0.25, 0.3) is 21.9 Å². The van der Waals surface area contributed by atoms with Crippen molar-refractivity contribution in [1.82, 2.24) is 28.4 Å². The maximum Gasteiger partial charge on any atom is 0.330 e. The van der Waals surface area contributed by atoms with E-state index in [2.05, 4.69) is 14.7 Å². The van der Waals surface area contributed by atoms with Gasteiger partial charge in [0.2, 0.25) is 5.91 Å². The van der Waals surface area contributed by atoms with E-state index in [1.807, 2.05) is 62.5 Å². The van der Waals surface area contributed by atoms with E-state index >= 15 is 0 Å². The molecule has 0 aliphatic carbocycles. The topological polar surface area (TPSA) is 133 Å². The molecule has 0 bridgehead atoms. The van der Waals surface area contributed by atoms with Gasteiger partial charge in [-0.3, -0.25) is 13.9 Å². The predicted molar refractivity (Wildman–Crippen MR) is 147 cm³/mol. The number of amides is 1. The molecule has 11 nitrogen and oxygen atoms in total. The van der Waals surface area contributed by atoms with Crippen LogP contribution in [0, 0.1) is 6.92 Å². The average Bonchev–Trinajstić information content (AvgIpc) is 3.59. The van der Waals surface area contributed by atoms with Crippen LogP contribution in [0.1, 0.15) is 36.6 Å². The van der Waals surface area contributed by atoms with Gasteiger partial charge in [-0.1, -0.05) is 24.3 Å². The molecule has 3 aromatic heterocycles. The predicted octanol–water partition coefficient (Wildman–Crippen LogP) is 3.02. The summed E-state index contributed by atoms with van der Waals surface area (Å²) in [6.45, 7) is 4.01. The first-order valence-corrected chi connectivity index (χ1v) is 13.9. The SMILES string of the molecule is COCC(CC(=O)NS(=O)(=O)c1cn(C)cn1)n1c(=O)n(C(C)c2c[nH]c3cccc(C)c23)c2ccccc21. The summed E-state index contributed by atoms with van der Waals surface area (Å²) in [5.41, 5.74) is 4.03. The molecule has 0 saturated carbocycles. The number of aromatic amines is 1. The zero-order valence-corrected chi connectivity index (χ0v) is 22.9. The number of fused-ring (bicyclic) bond motifs is 2. The van der Waals surface area contributed by atoms with Crippen molar-refractivity contribution in [3.63, 3.8) is 0 Å². The molecule has 2 atom stereocenters. The number of para-hydroxylation sites is 2. The molecule has 39 heavy (non-hydrogen) atoms. The second kappa shape index (κ2) is 10.2. The molecule has 0 aliphatic heterocycles. The smallest absolute Gasteiger partial charge is 0.330 e. The lowest BCUT2D eigenvalue weighted by Crippen LogP contribution is -2.36. The summed E-state index contributed by atoms with van der Waals surface area (Å²) < 4.78 is 37.4. The maximum atomic E-state index is 14.1. The second-order valence-corrected chi connectivity index (χ2v) is 11.3. The van der Waals surface area contributed by atoms with E-state index in [0.717, 1.165) is 22.0 Å². The quantitative estimate of drug-likeness (QED) is 0.290. The number of nitrogens with one attached hydrogen (secondary N) is 2. The molecule has 2 unspecified atom stereocenters. The lowest BCUT2D eigenvalue weighted by molar-refractivity contribution is -0.120. The van der Waals surface area contributed by atoms with Gasteiger partial charge in [-0.25, -0.2) is 14.5 Å². The highest BCUT2D eigenvalue weighted by molar-refractivity contribution is 7.90. The van der Waals surface area contributed by atoms with Crippen molar-refractivity contribution in [3.05, 3.63) is 82.8 Å². The summed E-state index contributed by atoms with van der Waals surface area (Å²) in [5.74, 6) is -0.772. The number of carbonyl (C=O) groups is 1. The first kappa shape index (κ1) is 26.4. The van der Waals surface area contributed by atoms with E-state index in [4.69, 9.17) is 4.74 Å². The zero-order chi connectivity index (χ0) is 27.9. The van der Waals surface area contributed by atoms with Crippen molar-refractivity contribution >= 4 is 37.9 Å². The van der Waals surface area contributed by atoms with Crippen molar-refractivity contribution < 1.29 is 17.9 Å². The number of H-pyrrole nitrogens is 1. The Hall–Kier alpha value is -4.16. The molecule has 0 spiro atoms. The number of hydrogen-bond donors (Lipinski definition) is 2. The van der Waals surface area contributed by atoms with Crippen LogP contribution in [0.3, 0.4) is 0 Å². The first-order chi connectivity index (χ1) is 18.6. The number of sulfonamides is 1. The Labute approximate surface area is 225 Å². The fourth-order valence-electron chi connectivity index (χ4n) is 5.19. The highest BCUT2D eigenvalue weighted by atomic mass is 32.2. The van der Waals surface area contributed by atoms with E-state index < -0.39 is 22.0 Å². The van der Waals surface area contributed by atoms with Crippen molar-refractivity contribution in [2.45, 2.75) is 37.4 Å². The Balaban J connectivity index is 1.55. The average molecular weight is 551 g/mol. The Bertz CT molecular complexity index is 1850. The summed E-state index contributed by atoms with van der Waals surface area (Å²) in [6.07, 6.45) is 4.25. The minimum atomic E-state index is -4.17. The van der Waals surface area contributed by atoms with E-state index in [1.54, 1.807) is 11.6 Å². The highest BCUT2D eigenvalue weighted by Crippen LogP contribution is 2.31. The molecule has 2 N–H and O–H groups in total. The third-order valence-corrected chi connectivity index (χ3v) is 8.20. The van der Waals surface area contributed by atoms with Crippen LogP contribution in [0.4, 0.5) is 0 Å². The number of aromatic nitrogens is 5. The molecule has 3 heterocycles. The third-order valence-electron chi connectivity index (χ3n) is 6.94. The van der Waals surface area contributed by atoms with Crippen LogP contribution >= 0.6 is 0 Å². The lowest BCUT2D eigenvalue weighted by Gasteiger charge is -2.18. The normalized spacial score (nSPS) is 13.6. The number of rotatable bonds is 9. The van der Waals surface area contributed by atoms with Gasteiger partial charge in [0, 0.05) is 43.0 Å². The van der Waals surface area contributed by atoms with Crippen LogP contribution in [0.15, 0.2) is 71.0 Å². The monoisotopic (exact) mass is 550 g/mol. The van der Waals surface area contributed by atoms with Crippen molar-refractivity contribution in [3.8, 4) is 0 Å². The van der Waals surface area contributed by atoms with Gasteiger partial charge in [0.15, 0.2) is 5.03 Å². The fourth-order valence-corrected chi connectivity index (χ4v) is 6.17. The maximum absolute atomic E-state index is 14.1. The summed E-state index contributed by atoms with van der Waals surface area (Å²) in [6, 6.07) is 12.3. The fraction of sp³-hybridized carbons (Fsp3) is 0.296. The number of ether oxygens (including phenoxy) is 1. The molecule has 0 fully saturated rings. The number of imidazole rings is 2. The van der Waals surface area contributed by atoms with Crippen molar-refractivity contribution in [1.29, 1.82) is 0 Å². The second-order valence-electron chi connectivity index (χ2n) is 9.65. The van der Waals surface area contributed by atoms with Crippen LogP contribution in [-0.4, -0.2) is 51.7 Å². The van der Waals surface area contributed by atoms with Gasteiger partial charge in [-0.05, 0) is 37.6 Å². The third kappa shape index (κ3) is 4.77. The molecule has 5 aromatic rings. The van der Waals surface area contributed by atoms with Crippen LogP contribution in [-0.2, 0) is 26.6 Å². The van der Waals surface area contributed by atoms with E-state index in [-0.39, 0.29) is 29.8 Å². The van der Waals surface area contributed by atoms with Gasteiger partial charge in [0.1, 0.15) is 0 Å². The minimum Gasteiger partial charge on any atom is -0.383 e. The summed E-state index contributed by atoms with van der Waals surface area (Å²) in [7, 11) is -1.07. The molecular weight excluding hydrogens is 520 g/mol. The summed E-state index contributed by atoms with van der Waals surface area (Å²) in [4.78, 5) is 34.1. The summed E-state index contributed by atoms with van der Waals surface area (Å²) >= 11 is 0. The van der Waals surface area contributed by atoms with Gasteiger partial charge in [-0.15, -0.1) is 0 Å². The number of methoxy groups -OCH3 is 1. The Morgan fingerprint density at radius 2 is 1.85 bits per heavy atom. The molecule has 0 saturated heterocycles. The Morgan fingerprint density at radius 3 is 2.51 bits per heavy atom. The molecule has 5 rings (SSSR count). The van der Waals surface area contributed by atoms with Crippen molar-refractivity contribution in [2.24, 2.45) is 7.05 Å². The van der Waals surface area contributed by atoms with Crippen molar-refractivity contribution in [2.75, 3.05) is 13.7 Å². The molecular formula is C27H30N6O5S. The van der Waals surface area contributed by atoms with Gasteiger partial charge < -0.3 is 14.3 Å². The lowest BCUT2D eigenvalue weighted by atomic mass is 10.0. The number of benzene rings is 2. The Morgan fingerprint density at radius 1 is 1.13 bits per heavy atom. The number of hydrogen-bond acceptors (Lipinski definition) is 6. The van der Waals surface area contributed by atoms with Gasteiger partial charge in [0.25, 0.3) is 10.0 Å². The number of carbonyl (C=O) groups excluding carboxylic acids is 1. The summed E-state index contributed by atoms with van der Waals surface area (Å²) in [5, 5.41) is 0.791. The minimum absolute atomic E-state index is 0.0194. The standard InChI is InChI=1S/C27H30N6O5S/c1-17-8-7-9-21-26(17)20(13-28-21)18(2)32-22-10-5-6-11-23(22)33(27(32)35)19(15-38-4)12-24(34)30-39(36,37)25-14-31(3)16-29-25/h5-11,13-14,16,18-19,28H,12,15H2,1-4H3,(H,30,34). The highest BCUT2D eigenvalue weighted by Gasteiger charge is 2.28. The molecule has 2 aromatic carbocycles. The van der Waals surface area contributed by atoms with Gasteiger partial charge in [-0.2, -0.15) is 8.42 Å². The van der Waals surface area contributed by atoms with Crippen LogP contribution in [0.5, 0.6) is 0 Å². The van der Waals surface area contributed by atoms with Gasteiger partial charge in [0.05, 0.1) is 42.5 Å². The van der Waals surface area contributed by atoms with Crippen LogP contribution < -0.4 is 10.4 Å². The molecule has 204 valence electrons. The zero-order valence-electron chi connectivity index (χ0n) is 22.1. The van der Waals surface area contributed by atoms with Gasteiger partial charge >= 0.3 is 5.69 Å².